The van der Waals surface area contributed by atoms with Crippen molar-refractivity contribution in [3.8, 4) is 11.1 Å². The number of urea groups is 2. The number of rotatable bonds is 13. The van der Waals surface area contributed by atoms with Crippen molar-refractivity contribution < 1.29 is 9.59 Å². The molecule has 0 fully saturated rings. The number of hydrogen-bond acceptors (Lipinski definition) is 2. The fraction of sp³-hybridized carbons (Fsp3) is 0.381. The van der Waals surface area contributed by atoms with E-state index >= 15 is 0 Å². The Hall–Kier alpha value is -4.58. The monoisotopic (exact) mass is 646 g/mol. The highest BCUT2D eigenvalue weighted by Gasteiger charge is 2.23. The Kier molecular flexibility index (Phi) is 12.8. The summed E-state index contributed by atoms with van der Waals surface area (Å²) in [6, 6.07) is 29.1. The zero-order chi connectivity index (χ0) is 34.8. The van der Waals surface area contributed by atoms with Crippen LogP contribution in [0.15, 0.2) is 84.9 Å². The van der Waals surface area contributed by atoms with Crippen LogP contribution in [0.4, 0.5) is 32.3 Å². The minimum atomic E-state index is -0.0468. The van der Waals surface area contributed by atoms with Gasteiger partial charge in [-0.15, -0.1) is 0 Å². The molecule has 4 aromatic rings. The fourth-order valence-corrected chi connectivity index (χ4v) is 6.28. The van der Waals surface area contributed by atoms with Gasteiger partial charge in [-0.2, -0.15) is 0 Å². The third kappa shape index (κ3) is 8.46. The first-order valence-corrected chi connectivity index (χ1v) is 17.6. The first-order valence-electron chi connectivity index (χ1n) is 17.6. The van der Waals surface area contributed by atoms with Crippen molar-refractivity contribution in [3.05, 3.63) is 107 Å². The van der Waals surface area contributed by atoms with Gasteiger partial charge in [0.1, 0.15) is 0 Å². The minimum absolute atomic E-state index is 0.0468. The van der Waals surface area contributed by atoms with E-state index in [9.17, 15) is 9.59 Å². The summed E-state index contributed by atoms with van der Waals surface area (Å²) in [4.78, 5) is 34.7. The number of amides is 4. The quantitative estimate of drug-likeness (QED) is 0.145. The number of benzene rings is 4. The second-order valence-electron chi connectivity index (χ2n) is 12.8. The third-order valence-electron chi connectivity index (χ3n) is 8.99. The van der Waals surface area contributed by atoms with Gasteiger partial charge in [-0.3, -0.25) is 19.6 Å². The Bertz CT molecular complexity index is 1540. The van der Waals surface area contributed by atoms with Gasteiger partial charge < -0.3 is 0 Å². The topological polar surface area (TPSA) is 47.1 Å². The maximum atomic E-state index is 13.8. The second-order valence-corrected chi connectivity index (χ2v) is 12.8. The van der Waals surface area contributed by atoms with Crippen molar-refractivity contribution in [2.75, 3.05) is 46.8 Å². The van der Waals surface area contributed by atoms with Crippen LogP contribution in [-0.2, 0) is 12.8 Å². The molecule has 4 amide bonds. The Morgan fingerprint density at radius 1 is 0.479 bits per heavy atom. The van der Waals surface area contributed by atoms with Gasteiger partial charge in [0.2, 0.25) is 0 Å². The van der Waals surface area contributed by atoms with Crippen molar-refractivity contribution in [3.63, 3.8) is 0 Å². The fourth-order valence-electron chi connectivity index (χ4n) is 6.28. The molecule has 0 heterocycles. The summed E-state index contributed by atoms with van der Waals surface area (Å²) >= 11 is 0. The number of hydrogen-bond donors (Lipinski definition) is 0. The lowest BCUT2D eigenvalue weighted by atomic mass is 9.95. The van der Waals surface area contributed by atoms with Gasteiger partial charge in [-0.25, -0.2) is 9.59 Å². The van der Waals surface area contributed by atoms with Gasteiger partial charge in [0.05, 0.1) is 0 Å². The summed E-state index contributed by atoms with van der Waals surface area (Å²) in [5, 5.41) is 0. The van der Waals surface area contributed by atoms with Gasteiger partial charge in [-0.1, -0.05) is 76.9 Å². The highest BCUT2D eigenvalue weighted by atomic mass is 16.2. The molecule has 0 bridgehead atoms. The molecule has 0 spiro atoms. The molecule has 0 radical (unpaired) electrons. The molecule has 6 heteroatoms. The molecule has 4 aromatic carbocycles. The zero-order valence-electron chi connectivity index (χ0n) is 30.3. The summed E-state index contributed by atoms with van der Waals surface area (Å²) in [6.45, 7) is 14.0. The minimum Gasteiger partial charge on any atom is -0.297 e. The van der Waals surface area contributed by atoms with Crippen LogP contribution < -0.4 is 19.6 Å². The molecule has 0 aliphatic rings. The maximum Gasteiger partial charge on any atom is 0.328 e. The second kappa shape index (κ2) is 17.0. The third-order valence-corrected chi connectivity index (χ3v) is 8.99. The first kappa shape index (κ1) is 36.3. The van der Waals surface area contributed by atoms with Crippen LogP contribution in [0.25, 0.3) is 11.1 Å². The van der Waals surface area contributed by atoms with Gasteiger partial charge in [0.25, 0.3) is 0 Å². The van der Waals surface area contributed by atoms with Crippen LogP contribution in [0.1, 0.15) is 75.6 Å². The smallest absolute Gasteiger partial charge is 0.297 e. The number of anilines is 4. The largest absolute Gasteiger partial charge is 0.328 e. The number of carbonyl (C=O) groups is 2. The van der Waals surface area contributed by atoms with E-state index in [2.05, 4.69) is 114 Å². The van der Waals surface area contributed by atoms with Gasteiger partial charge in [-0.05, 0) is 121 Å². The van der Waals surface area contributed by atoms with Crippen molar-refractivity contribution in [2.24, 2.45) is 0 Å². The maximum absolute atomic E-state index is 13.8. The Morgan fingerprint density at radius 2 is 0.812 bits per heavy atom. The van der Waals surface area contributed by atoms with E-state index in [4.69, 9.17) is 0 Å². The van der Waals surface area contributed by atoms with E-state index in [1.165, 1.54) is 11.1 Å². The van der Waals surface area contributed by atoms with E-state index in [1.807, 2.05) is 36.0 Å². The predicted molar refractivity (Wildman–Crippen MR) is 205 cm³/mol. The average Bonchev–Trinajstić information content (AvgIpc) is 3.09. The summed E-state index contributed by atoms with van der Waals surface area (Å²) in [7, 11) is 3.69. The predicted octanol–water partition coefficient (Wildman–Crippen LogP) is 10.8. The highest BCUT2D eigenvalue weighted by Crippen LogP contribution is 2.33. The molecule has 0 aliphatic heterocycles. The molecule has 48 heavy (non-hydrogen) atoms. The number of carbonyl (C=O) groups excluding carboxylic acids is 2. The molecule has 0 aromatic heterocycles. The summed E-state index contributed by atoms with van der Waals surface area (Å²) in [6.07, 6.45) is 6.01. The molecular formula is C42H54N4O2. The van der Waals surface area contributed by atoms with Crippen molar-refractivity contribution in [1.29, 1.82) is 0 Å². The van der Waals surface area contributed by atoms with Crippen molar-refractivity contribution >= 4 is 34.8 Å². The van der Waals surface area contributed by atoms with E-state index in [-0.39, 0.29) is 12.1 Å². The summed E-state index contributed by atoms with van der Waals surface area (Å²) in [5.74, 6) is 0. The molecule has 0 saturated carbocycles. The van der Waals surface area contributed by atoms with E-state index in [0.29, 0.717) is 13.1 Å². The van der Waals surface area contributed by atoms with E-state index < -0.39 is 0 Å². The molecule has 0 atom stereocenters. The lowest BCUT2D eigenvalue weighted by molar-refractivity contribution is 0.251. The van der Waals surface area contributed by atoms with E-state index in [1.54, 1.807) is 9.80 Å². The first-order chi connectivity index (χ1) is 23.1. The van der Waals surface area contributed by atoms with Crippen LogP contribution in [0, 0.1) is 13.8 Å². The summed E-state index contributed by atoms with van der Waals surface area (Å²) < 4.78 is 0. The lowest BCUT2D eigenvalue weighted by Gasteiger charge is -2.29. The number of aryl methyl sites for hydroxylation is 4. The molecule has 0 aliphatic carbocycles. The van der Waals surface area contributed by atoms with Crippen LogP contribution >= 0.6 is 0 Å². The van der Waals surface area contributed by atoms with Crippen molar-refractivity contribution in [2.45, 2.75) is 80.1 Å². The van der Waals surface area contributed by atoms with Gasteiger partial charge in [0, 0.05) is 49.9 Å². The lowest BCUT2D eigenvalue weighted by Crippen LogP contribution is -2.42. The molecular weight excluding hydrogens is 592 g/mol. The molecule has 0 saturated heterocycles. The van der Waals surface area contributed by atoms with Gasteiger partial charge in [0.15, 0.2) is 0 Å². The standard InChI is InChI=1S/C42H54N4O2/c1-9-13-33-15-19-35(20-16-33)45(27-11-3)41(47)43(7)37-23-25-39(31(5)29-37)40-26-24-38(30-32(40)6)44(8)42(48)46(28-12-4)36-21-17-34(14-10-2)18-22-36/h15-26,29-30H,9-14,27-28H2,1-8H3. The van der Waals surface area contributed by atoms with Crippen LogP contribution in [0.5, 0.6) is 0 Å². The Morgan fingerprint density at radius 3 is 1.10 bits per heavy atom. The Labute approximate surface area is 289 Å². The zero-order valence-corrected chi connectivity index (χ0v) is 30.3. The molecule has 0 N–H and O–H groups in total. The van der Waals surface area contributed by atoms with Crippen LogP contribution in [0.3, 0.4) is 0 Å². The molecule has 254 valence electrons. The normalized spacial score (nSPS) is 10.9. The molecule has 0 unspecified atom stereocenters. The molecule has 4 rings (SSSR count). The summed E-state index contributed by atoms with van der Waals surface area (Å²) in [5.41, 5.74) is 10.5. The van der Waals surface area contributed by atoms with Crippen LogP contribution in [-0.4, -0.2) is 39.2 Å². The van der Waals surface area contributed by atoms with E-state index in [0.717, 1.165) is 83.5 Å². The number of nitrogens with zero attached hydrogens (tertiary/aromatic N) is 4. The average molecular weight is 647 g/mol. The van der Waals surface area contributed by atoms with Gasteiger partial charge >= 0.3 is 12.1 Å². The molecule has 6 nitrogen and oxygen atoms in total. The SMILES string of the molecule is CCCc1ccc(N(CCC)C(=O)N(C)c2ccc(-c3ccc(N(C)C(=O)N(CCC)c4ccc(CCC)cc4)cc3C)c(C)c2)cc1. The van der Waals surface area contributed by atoms with Crippen molar-refractivity contribution in [1.82, 2.24) is 0 Å². The van der Waals surface area contributed by atoms with Crippen LogP contribution in [0.2, 0.25) is 0 Å². The highest BCUT2D eigenvalue weighted by molar-refractivity contribution is 6.04. The Balaban J connectivity index is 1.53.